The lowest BCUT2D eigenvalue weighted by atomic mass is 10.0. The van der Waals surface area contributed by atoms with Gasteiger partial charge in [0.1, 0.15) is 0 Å². The third kappa shape index (κ3) is 4.90. The number of thiophene rings is 1. The zero-order chi connectivity index (χ0) is 14.4. The molecule has 0 saturated heterocycles. The first-order chi connectivity index (χ1) is 8.91. The lowest BCUT2D eigenvalue weighted by Crippen LogP contribution is -2.41. The van der Waals surface area contributed by atoms with E-state index < -0.39 is 5.97 Å². The number of carboxylic acid groups (broad SMARTS) is 1. The van der Waals surface area contributed by atoms with Crippen molar-refractivity contribution in [3.05, 3.63) is 22.4 Å². The summed E-state index contributed by atoms with van der Waals surface area (Å²) >= 11 is 1.60. The Bertz CT molecular complexity index is 418. The van der Waals surface area contributed by atoms with Crippen LogP contribution in [0.4, 0.5) is 4.79 Å². The molecule has 6 heteroatoms. The van der Waals surface area contributed by atoms with Crippen LogP contribution in [0.15, 0.2) is 17.5 Å². The number of carbonyl (C=O) groups is 2. The predicted octanol–water partition coefficient (Wildman–Crippen LogP) is 2.56. The molecule has 0 spiro atoms. The monoisotopic (exact) mass is 284 g/mol. The van der Waals surface area contributed by atoms with E-state index >= 15 is 0 Å². The number of carbonyl (C=O) groups excluding carboxylic acids is 1. The molecule has 0 bridgehead atoms. The average molecular weight is 284 g/mol. The highest BCUT2D eigenvalue weighted by atomic mass is 32.1. The fraction of sp³-hybridized carbons (Fsp3) is 0.538. The van der Waals surface area contributed by atoms with Crippen molar-refractivity contribution in [1.82, 2.24) is 10.2 Å². The minimum Gasteiger partial charge on any atom is -0.481 e. The first-order valence-electron chi connectivity index (χ1n) is 6.18. The van der Waals surface area contributed by atoms with E-state index in [4.69, 9.17) is 5.11 Å². The zero-order valence-electron chi connectivity index (χ0n) is 11.4. The molecule has 1 aromatic heterocycles. The molecule has 0 aromatic carbocycles. The number of nitrogens with zero attached hydrogens (tertiary/aromatic N) is 1. The van der Waals surface area contributed by atoms with Crippen molar-refractivity contribution in [2.45, 2.75) is 26.3 Å². The smallest absolute Gasteiger partial charge is 0.317 e. The van der Waals surface area contributed by atoms with Gasteiger partial charge in [-0.15, -0.1) is 11.3 Å². The summed E-state index contributed by atoms with van der Waals surface area (Å²) in [6.07, 6.45) is -0.0464. The summed E-state index contributed by atoms with van der Waals surface area (Å²) in [6, 6.07) is 3.66. The van der Waals surface area contributed by atoms with Crippen molar-refractivity contribution in [1.29, 1.82) is 0 Å². The largest absolute Gasteiger partial charge is 0.481 e. The fourth-order valence-electron chi connectivity index (χ4n) is 1.64. The predicted molar refractivity (Wildman–Crippen MR) is 75.3 cm³/mol. The Hall–Kier alpha value is -1.56. The number of hydrogen-bond donors (Lipinski definition) is 2. The maximum atomic E-state index is 12.0. The quantitative estimate of drug-likeness (QED) is 0.843. The number of nitrogens with one attached hydrogen (secondary N) is 1. The van der Waals surface area contributed by atoms with E-state index in [2.05, 4.69) is 5.32 Å². The molecule has 0 saturated carbocycles. The van der Waals surface area contributed by atoms with Gasteiger partial charge in [-0.2, -0.15) is 0 Å². The third-order valence-electron chi connectivity index (χ3n) is 2.80. The molecule has 2 N–H and O–H groups in total. The molecule has 5 nitrogen and oxygen atoms in total. The minimum absolute atomic E-state index is 0.0419. The van der Waals surface area contributed by atoms with Crippen LogP contribution in [0, 0.1) is 5.92 Å². The van der Waals surface area contributed by atoms with E-state index in [0.29, 0.717) is 0 Å². The number of amides is 2. The lowest BCUT2D eigenvalue weighted by molar-refractivity contribution is -0.137. The highest BCUT2D eigenvalue weighted by molar-refractivity contribution is 7.10. The van der Waals surface area contributed by atoms with Gasteiger partial charge in [0.15, 0.2) is 0 Å². The number of carboxylic acids is 1. The van der Waals surface area contributed by atoms with Gasteiger partial charge in [0.2, 0.25) is 0 Å². The van der Waals surface area contributed by atoms with Crippen LogP contribution in [0.1, 0.15) is 31.2 Å². The van der Waals surface area contributed by atoms with Crippen LogP contribution in [0.25, 0.3) is 0 Å². The molecule has 0 aliphatic carbocycles. The Morgan fingerprint density at radius 1 is 1.47 bits per heavy atom. The van der Waals surface area contributed by atoms with Gasteiger partial charge >= 0.3 is 12.0 Å². The van der Waals surface area contributed by atoms with Gasteiger partial charge in [0, 0.05) is 18.5 Å². The highest BCUT2D eigenvalue weighted by Crippen LogP contribution is 2.25. The van der Waals surface area contributed by atoms with Gasteiger partial charge in [0.25, 0.3) is 0 Å². The summed E-state index contributed by atoms with van der Waals surface area (Å²) in [5.74, 6) is -0.631. The normalized spacial score (nSPS) is 12.2. The van der Waals surface area contributed by atoms with Crippen molar-refractivity contribution >= 4 is 23.3 Å². The Kier molecular flexibility index (Phi) is 5.82. The molecule has 0 aliphatic rings. The van der Waals surface area contributed by atoms with Crippen molar-refractivity contribution in [3.8, 4) is 0 Å². The second kappa shape index (κ2) is 7.13. The van der Waals surface area contributed by atoms with Crippen LogP contribution in [-0.2, 0) is 4.79 Å². The molecule has 1 heterocycles. The standard InChI is InChI=1S/C13H20N2O3S/c1-9(2)12(10-5-4-8-19-10)14-13(18)15(3)7-6-11(16)17/h4-5,8-9,12H,6-7H2,1-3H3,(H,14,18)(H,16,17). The molecule has 0 radical (unpaired) electrons. The van der Waals surface area contributed by atoms with Crippen molar-refractivity contribution < 1.29 is 14.7 Å². The van der Waals surface area contributed by atoms with Crippen molar-refractivity contribution in [2.24, 2.45) is 5.92 Å². The first kappa shape index (κ1) is 15.5. The maximum Gasteiger partial charge on any atom is 0.317 e. The second-order valence-corrected chi connectivity index (χ2v) is 5.73. The summed E-state index contributed by atoms with van der Waals surface area (Å²) in [4.78, 5) is 25.0. The SMILES string of the molecule is CC(C)C(NC(=O)N(C)CCC(=O)O)c1cccs1. The number of aliphatic carboxylic acids is 1. The first-order valence-corrected chi connectivity index (χ1v) is 7.06. The van der Waals surface area contributed by atoms with E-state index in [-0.39, 0.29) is 31.0 Å². The molecule has 0 fully saturated rings. The van der Waals surface area contributed by atoms with Crippen LogP contribution < -0.4 is 5.32 Å². The summed E-state index contributed by atoms with van der Waals surface area (Å²) < 4.78 is 0. The van der Waals surface area contributed by atoms with Crippen LogP contribution in [0.2, 0.25) is 0 Å². The van der Waals surface area contributed by atoms with E-state index in [0.717, 1.165) is 4.88 Å². The molecule has 2 amide bonds. The van der Waals surface area contributed by atoms with Crippen LogP contribution in [-0.4, -0.2) is 35.6 Å². The Morgan fingerprint density at radius 3 is 2.63 bits per heavy atom. The molecule has 1 rings (SSSR count). The Balaban J connectivity index is 2.59. The third-order valence-corrected chi connectivity index (χ3v) is 3.76. The number of rotatable bonds is 6. The average Bonchev–Trinajstić information content (AvgIpc) is 2.85. The van der Waals surface area contributed by atoms with E-state index in [1.54, 1.807) is 18.4 Å². The van der Waals surface area contributed by atoms with Gasteiger partial charge in [0.05, 0.1) is 12.5 Å². The Labute approximate surface area is 117 Å². The number of urea groups is 1. The summed E-state index contributed by atoms with van der Waals surface area (Å²) in [6.45, 7) is 4.29. The molecule has 0 aliphatic heterocycles. The maximum absolute atomic E-state index is 12.0. The zero-order valence-corrected chi connectivity index (χ0v) is 12.2. The fourth-order valence-corrected chi connectivity index (χ4v) is 2.59. The van der Waals surface area contributed by atoms with Gasteiger partial charge in [-0.25, -0.2) is 4.79 Å². The minimum atomic E-state index is -0.904. The van der Waals surface area contributed by atoms with Crippen LogP contribution in [0.5, 0.6) is 0 Å². The Morgan fingerprint density at radius 2 is 2.16 bits per heavy atom. The van der Waals surface area contributed by atoms with Crippen molar-refractivity contribution in [2.75, 3.05) is 13.6 Å². The van der Waals surface area contributed by atoms with Crippen LogP contribution >= 0.6 is 11.3 Å². The van der Waals surface area contributed by atoms with Crippen molar-refractivity contribution in [3.63, 3.8) is 0 Å². The van der Waals surface area contributed by atoms with Crippen LogP contribution in [0.3, 0.4) is 0 Å². The van der Waals surface area contributed by atoms with Gasteiger partial charge < -0.3 is 15.3 Å². The van der Waals surface area contributed by atoms with E-state index in [1.807, 2.05) is 31.4 Å². The molecule has 1 atom stereocenters. The van der Waals surface area contributed by atoms with Gasteiger partial charge in [-0.05, 0) is 17.4 Å². The second-order valence-electron chi connectivity index (χ2n) is 4.75. The summed E-state index contributed by atoms with van der Waals surface area (Å²) in [5, 5.41) is 13.5. The van der Waals surface area contributed by atoms with E-state index in [1.165, 1.54) is 4.90 Å². The molecule has 106 valence electrons. The molecule has 19 heavy (non-hydrogen) atoms. The molecule has 1 aromatic rings. The van der Waals surface area contributed by atoms with Gasteiger partial charge in [-0.3, -0.25) is 4.79 Å². The molecule has 1 unspecified atom stereocenters. The number of hydrogen-bond acceptors (Lipinski definition) is 3. The van der Waals surface area contributed by atoms with Gasteiger partial charge in [-0.1, -0.05) is 19.9 Å². The summed E-state index contributed by atoms with van der Waals surface area (Å²) in [7, 11) is 1.60. The highest BCUT2D eigenvalue weighted by Gasteiger charge is 2.21. The molecular weight excluding hydrogens is 264 g/mol. The lowest BCUT2D eigenvalue weighted by Gasteiger charge is -2.25. The summed E-state index contributed by atoms with van der Waals surface area (Å²) in [5.41, 5.74) is 0. The topological polar surface area (TPSA) is 69.6 Å². The molecular formula is C13H20N2O3S. The van der Waals surface area contributed by atoms with E-state index in [9.17, 15) is 9.59 Å².